The molecule has 2 N–H and O–H groups in total. The van der Waals surface area contributed by atoms with Crippen LogP contribution in [-0.4, -0.2) is 14.3 Å². The predicted molar refractivity (Wildman–Crippen MR) is 80.2 cm³/mol. The van der Waals surface area contributed by atoms with Crippen LogP contribution in [0.25, 0.3) is 10.4 Å². The third-order valence-corrected chi connectivity index (χ3v) is 5.26. The number of hydrogen-bond acceptors (Lipinski definition) is 5. The average molecular weight is 336 g/mol. The van der Waals surface area contributed by atoms with Crippen molar-refractivity contribution in [1.82, 2.24) is 0 Å². The van der Waals surface area contributed by atoms with Gasteiger partial charge in [0.25, 0.3) is 5.91 Å². The van der Waals surface area contributed by atoms with E-state index in [4.69, 9.17) is 11.0 Å². The molecule has 0 bridgehead atoms. The summed E-state index contributed by atoms with van der Waals surface area (Å²) in [7, 11) is -3.99. The molecule has 2 rings (SSSR count). The van der Waals surface area contributed by atoms with Gasteiger partial charge in [0.2, 0.25) is 9.84 Å². The molecule has 0 aliphatic carbocycles. The van der Waals surface area contributed by atoms with Crippen LogP contribution in [0.5, 0.6) is 0 Å². The van der Waals surface area contributed by atoms with E-state index in [1.807, 2.05) is 0 Å². The molecule has 0 unspecified atom stereocenters. The van der Waals surface area contributed by atoms with Crippen molar-refractivity contribution in [3.8, 4) is 16.5 Å². The molecule has 1 amide bonds. The van der Waals surface area contributed by atoms with Gasteiger partial charge in [-0.25, -0.2) is 12.8 Å². The second kappa shape index (κ2) is 6.09. The van der Waals surface area contributed by atoms with Crippen LogP contribution in [0.1, 0.15) is 9.67 Å². The van der Waals surface area contributed by atoms with Crippen LogP contribution >= 0.6 is 11.3 Å². The normalized spacial score (nSPS) is 11.5. The Labute approximate surface area is 130 Å². The number of amides is 1. The molecule has 0 saturated carbocycles. The number of nitrogens with two attached hydrogens (primary N) is 1. The van der Waals surface area contributed by atoms with E-state index < -0.39 is 21.6 Å². The maximum absolute atomic E-state index is 14.1. The van der Waals surface area contributed by atoms with Gasteiger partial charge in [0.15, 0.2) is 0 Å². The van der Waals surface area contributed by atoms with E-state index in [0.29, 0.717) is 5.41 Å². The highest BCUT2D eigenvalue weighted by molar-refractivity contribution is 7.94. The molecular weight excluding hydrogens is 327 g/mol. The van der Waals surface area contributed by atoms with Gasteiger partial charge in [-0.2, -0.15) is 5.26 Å². The van der Waals surface area contributed by atoms with Crippen molar-refractivity contribution in [2.24, 2.45) is 5.73 Å². The number of rotatable bonds is 4. The fourth-order valence-electron chi connectivity index (χ4n) is 1.78. The average Bonchev–Trinajstić information content (AvgIpc) is 2.94. The summed E-state index contributed by atoms with van der Waals surface area (Å²) in [6.07, 6.45) is 0.799. The summed E-state index contributed by atoms with van der Waals surface area (Å²) in [6.45, 7) is 0. The molecule has 0 atom stereocenters. The van der Waals surface area contributed by atoms with Crippen LogP contribution in [0, 0.1) is 17.1 Å². The SMILES string of the molecule is N#C/C=C/S(=O)(=O)c1cccc(F)c1-c1ccc(C(N)=O)s1. The molecule has 112 valence electrons. The first-order valence-corrected chi connectivity index (χ1v) is 8.23. The van der Waals surface area contributed by atoms with Gasteiger partial charge in [0, 0.05) is 21.9 Å². The topological polar surface area (TPSA) is 101 Å². The molecule has 5 nitrogen and oxygen atoms in total. The first-order chi connectivity index (χ1) is 10.4. The van der Waals surface area contributed by atoms with E-state index >= 15 is 0 Å². The number of halogens is 1. The Kier molecular flexibility index (Phi) is 4.40. The summed E-state index contributed by atoms with van der Waals surface area (Å²) in [6, 6.07) is 8.01. The first-order valence-electron chi connectivity index (χ1n) is 5.86. The second-order valence-electron chi connectivity index (χ2n) is 4.12. The summed E-state index contributed by atoms with van der Waals surface area (Å²) in [5.74, 6) is -1.43. The molecule has 0 aliphatic rings. The number of sulfone groups is 1. The predicted octanol–water partition coefficient (Wildman–Crippen LogP) is 2.46. The van der Waals surface area contributed by atoms with Crippen LogP contribution < -0.4 is 5.73 Å². The number of carbonyl (C=O) groups is 1. The lowest BCUT2D eigenvalue weighted by atomic mass is 10.2. The van der Waals surface area contributed by atoms with Crippen LogP contribution in [0.3, 0.4) is 0 Å². The van der Waals surface area contributed by atoms with Gasteiger partial charge in [0.05, 0.1) is 15.8 Å². The Hall–Kier alpha value is -2.50. The standard InChI is InChI=1S/C14H9FN2O3S2/c15-9-3-1-4-12(22(19,20)8-2-7-16)13(9)10-5-6-11(21-10)14(17)18/h1-6,8H,(H2,17,18)/b8-2+. The van der Waals surface area contributed by atoms with Gasteiger partial charge in [-0.1, -0.05) is 6.07 Å². The number of carbonyl (C=O) groups excluding carboxylic acids is 1. The molecule has 0 saturated heterocycles. The molecule has 1 aromatic carbocycles. The summed E-state index contributed by atoms with van der Waals surface area (Å²) < 4.78 is 38.5. The highest BCUT2D eigenvalue weighted by Gasteiger charge is 2.22. The molecule has 0 fully saturated rings. The van der Waals surface area contributed by atoms with Crippen molar-refractivity contribution < 1.29 is 17.6 Å². The summed E-state index contributed by atoms with van der Waals surface area (Å²) in [5.41, 5.74) is 4.99. The largest absolute Gasteiger partial charge is 0.365 e. The summed E-state index contributed by atoms with van der Waals surface area (Å²) in [4.78, 5) is 11.3. The zero-order valence-corrected chi connectivity index (χ0v) is 12.6. The number of hydrogen-bond donors (Lipinski definition) is 1. The zero-order valence-electron chi connectivity index (χ0n) is 11.0. The van der Waals surface area contributed by atoms with Gasteiger partial charge in [0.1, 0.15) is 5.82 Å². The minimum Gasteiger partial charge on any atom is -0.365 e. The highest BCUT2D eigenvalue weighted by Crippen LogP contribution is 2.35. The van der Waals surface area contributed by atoms with Gasteiger partial charge in [-0.15, -0.1) is 11.3 Å². The van der Waals surface area contributed by atoms with E-state index in [2.05, 4.69) is 0 Å². The number of thiophene rings is 1. The molecule has 8 heteroatoms. The number of nitrogens with zero attached hydrogens (tertiary/aromatic N) is 1. The Bertz CT molecular complexity index is 908. The van der Waals surface area contributed by atoms with Crippen LogP contribution in [-0.2, 0) is 9.84 Å². The van der Waals surface area contributed by atoms with Crippen LogP contribution in [0.2, 0.25) is 0 Å². The van der Waals surface area contributed by atoms with Crippen molar-refractivity contribution >= 4 is 27.1 Å². The number of allylic oxidation sites excluding steroid dienone is 1. The lowest BCUT2D eigenvalue weighted by Gasteiger charge is -2.07. The van der Waals surface area contributed by atoms with Crippen LogP contribution in [0.15, 0.2) is 46.7 Å². The Morgan fingerprint density at radius 1 is 1.32 bits per heavy atom. The van der Waals surface area contributed by atoms with Gasteiger partial charge < -0.3 is 5.73 Å². The van der Waals surface area contributed by atoms with Crippen LogP contribution in [0.4, 0.5) is 4.39 Å². The molecule has 22 heavy (non-hydrogen) atoms. The quantitative estimate of drug-likeness (QED) is 0.867. The lowest BCUT2D eigenvalue weighted by molar-refractivity contribution is 0.100. The van der Waals surface area contributed by atoms with E-state index in [9.17, 15) is 17.6 Å². The summed E-state index contributed by atoms with van der Waals surface area (Å²) in [5, 5.41) is 9.16. The van der Waals surface area contributed by atoms with Gasteiger partial charge in [-0.05, 0) is 24.3 Å². The Morgan fingerprint density at radius 3 is 2.64 bits per heavy atom. The first kappa shape index (κ1) is 15.9. The smallest absolute Gasteiger partial charge is 0.258 e. The minimum absolute atomic E-state index is 0.150. The molecule has 0 radical (unpaired) electrons. The Balaban J connectivity index is 2.69. The second-order valence-corrected chi connectivity index (χ2v) is 7.00. The van der Waals surface area contributed by atoms with E-state index in [-0.39, 0.29) is 20.2 Å². The molecule has 1 aromatic heterocycles. The van der Waals surface area contributed by atoms with Gasteiger partial charge in [-0.3, -0.25) is 4.79 Å². The van der Waals surface area contributed by atoms with E-state index in [1.165, 1.54) is 24.3 Å². The number of nitriles is 1. The highest BCUT2D eigenvalue weighted by atomic mass is 32.2. The fourth-order valence-corrected chi connectivity index (χ4v) is 3.91. The fraction of sp³-hybridized carbons (Fsp3) is 0. The monoisotopic (exact) mass is 336 g/mol. The molecule has 1 heterocycles. The minimum atomic E-state index is -3.99. The third-order valence-electron chi connectivity index (χ3n) is 2.70. The number of primary amides is 1. The maximum atomic E-state index is 14.1. The third kappa shape index (κ3) is 3.05. The molecular formula is C14H9FN2O3S2. The molecule has 0 spiro atoms. The number of benzene rings is 1. The molecule has 2 aromatic rings. The summed E-state index contributed by atoms with van der Waals surface area (Å²) >= 11 is 0.894. The Morgan fingerprint density at radius 2 is 2.05 bits per heavy atom. The van der Waals surface area contributed by atoms with Crippen molar-refractivity contribution in [3.05, 3.63) is 52.5 Å². The molecule has 0 aliphatic heterocycles. The van der Waals surface area contributed by atoms with Crippen molar-refractivity contribution in [1.29, 1.82) is 5.26 Å². The van der Waals surface area contributed by atoms with E-state index in [0.717, 1.165) is 23.5 Å². The van der Waals surface area contributed by atoms with Gasteiger partial charge >= 0.3 is 0 Å². The zero-order chi connectivity index (χ0) is 16.3. The van der Waals surface area contributed by atoms with E-state index in [1.54, 1.807) is 6.07 Å². The maximum Gasteiger partial charge on any atom is 0.258 e. The van der Waals surface area contributed by atoms with Crippen molar-refractivity contribution in [2.45, 2.75) is 4.90 Å². The van der Waals surface area contributed by atoms with Crippen molar-refractivity contribution in [3.63, 3.8) is 0 Å². The van der Waals surface area contributed by atoms with Crippen molar-refractivity contribution in [2.75, 3.05) is 0 Å². The lowest BCUT2D eigenvalue weighted by Crippen LogP contribution is -2.08.